The minimum atomic E-state index is 0.0581. The Bertz CT molecular complexity index is 540. The highest BCUT2D eigenvalue weighted by atomic mass is 16.5. The van der Waals surface area contributed by atoms with Crippen molar-refractivity contribution in [3.8, 4) is 11.5 Å². The van der Waals surface area contributed by atoms with Crippen LogP contribution in [0.2, 0.25) is 0 Å². The van der Waals surface area contributed by atoms with Gasteiger partial charge in [0.05, 0.1) is 26.5 Å². The topological polar surface area (TPSA) is 43.6 Å². The lowest BCUT2D eigenvalue weighted by atomic mass is 9.98. The lowest BCUT2D eigenvalue weighted by Crippen LogP contribution is -2.22. The Morgan fingerprint density at radius 3 is 2.25 bits per heavy atom. The van der Waals surface area contributed by atoms with Crippen molar-refractivity contribution in [3.63, 3.8) is 0 Å². The molecular formula is C16H21NO3. The smallest absolute Gasteiger partial charge is 0.122 e. The highest BCUT2D eigenvalue weighted by Crippen LogP contribution is 2.31. The van der Waals surface area contributed by atoms with Gasteiger partial charge in [0.25, 0.3) is 0 Å². The fraction of sp³-hybridized carbons (Fsp3) is 0.375. The number of hydrogen-bond acceptors (Lipinski definition) is 4. The molecule has 0 radical (unpaired) electrons. The van der Waals surface area contributed by atoms with Crippen LogP contribution in [0.1, 0.15) is 29.9 Å². The largest absolute Gasteiger partial charge is 0.497 e. The molecule has 1 unspecified atom stereocenters. The van der Waals surface area contributed by atoms with Crippen LogP contribution in [0.4, 0.5) is 0 Å². The lowest BCUT2D eigenvalue weighted by molar-refractivity contribution is 0.392. The third-order valence-corrected chi connectivity index (χ3v) is 3.33. The summed E-state index contributed by atoms with van der Waals surface area (Å²) in [5.74, 6) is 2.48. The van der Waals surface area contributed by atoms with E-state index in [-0.39, 0.29) is 6.04 Å². The van der Waals surface area contributed by atoms with E-state index >= 15 is 0 Å². The Morgan fingerprint density at radius 1 is 1.15 bits per heavy atom. The molecule has 1 atom stereocenters. The molecule has 0 amide bonds. The predicted octanol–water partition coefficient (Wildman–Crippen LogP) is 3.30. The van der Waals surface area contributed by atoms with Crippen molar-refractivity contribution in [2.24, 2.45) is 0 Å². The maximum absolute atomic E-state index is 5.42. The Labute approximate surface area is 119 Å². The number of ether oxygens (including phenoxy) is 2. The molecule has 2 rings (SSSR count). The van der Waals surface area contributed by atoms with E-state index in [2.05, 4.69) is 12.2 Å². The van der Waals surface area contributed by atoms with E-state index in [1.54, 1.807) is 20.5 Å². The highest BCUT2D eigenvalue weighted by molar-refractivity contribution is 5.43. The van der Waals surface area contributed by atoms with E-state index in [1.165, 1.54) is 0 Å². The molecule has 0 aliphatic heterocycles. The first kappa shape index (κ1) is 14.5. The minimum absolute atomic E-state index is 0.0581. The number of hydrogen-bond donors (Lipinski definition) is 1. The number of methoxy groups -OCH3 is 2. The average Bonchev–Trinajstić information content (AvgIpc) is 2.90. The van der Waals surface area contributed by atoms with Crippen molar-refractivity contribution in [3.05, 3.63) is 47.4 Å². The number of benzene rings is 1. The molecule has 20 heavy (non-hydrogen) atoms. The molecule has 0 aliphatic rings. The van der Waals surface area contributed by atoms with Gasteiger partial charge in [-0.05, 0) is 37.2 Å². The van der Waals surface area contributed by atoms with Crippen LogP contribution in [0.3, 0.4) is 0 Å². The fourth-order valence-corrected chi connectivity index (χ4v) is 2.30. The first-order chi connectivity index (χ1) is 9.69. The van der Waals surface area contributed by atoms with E-state index in [9.17, 15) is 0 Å². The van der Waals surface area contributed by atoms with Crippen LogP contribution in [0, 0.1) is 6.92 Å². The second-order valence-corrected chi connectivity index (χ2v) is 4.57. The van der Waals surface area contributed by atoms with Crippen molar-refractivity contribution in [1.82, 2.24) is 5.32 Å². The summed E-state index contributed by atoms with van der Waals surface area (Å²) in [7, 11) is 3.31. The van der Waals surface area contributed by atoms with Crippen LogP contribution >= 0.6 is 0 Å². The van der Waals surface area contributed by atoms with Gasteiger partial charge in [0.1, 0.15) is 17.3 Å². The number of aryl methyl sites for hydroxylation is 1. The van der Waals surface area contributed by atoms with Gasteiger partial charge in [-0.25, -0.2) is 0 Å². The van der Waals surface area contributed by atoms with Gasteiger partial charge in [-0.15, -0.1) is 0 Å². The van der Waals surface area contributed by atoms with E-state index in [4.69, 9.17) is 13.9 Å². The van der Waals surface area contributed by atoms with Crippen LogP contribution in [0.5, 0.6) is 11.5 Å². The van der Waals surface area contributed by atoms with Crippen molar-refractivity contribution in [2.75, 3.05) is 20.8 Å². The molecule has 2 aromatic rings. The summed E-state index contributed by atoms with van der Waals surface area (Å²) < 4.78 is 16.1. The van der Waals surface area contributed by atoms with E-state index < -0.39 is 0 Å². The molecule has 0 fully saturated rings. The van der Waals surface area contributed by atoms with Crippen molar-refractivity contribution in [1.29, 1.82) is 0 Å². The highest BCUT2D eigenvalue weighted by Gasteiger charge is 2.18. The molecule has 4 nitrogen and oxygen atoms in total. The van der Waals surface area contributed by atoms with Gasteiger partial charge in [0.15, 0.2) is 0 Å². The Balaban J connectivity index is 2.46. The molecule has 1 aromatic carbocycles. The van der Waals surface area contributed by atoms with Gasteiger partial charge in [-0.3, -0.25) is 0 Å². The summed E-state index contributed by atoms with van der Waals surface area (Å²) in [6.45, 7) is 4.91. The number of rotatable bonds is 6. The zero-order valence-electron chi connectivity index (χ0n) is 12.4. The van der Waals surface area contributed by atoms with Crippen LogP contribution in [0.25, 0.3) is 0 Å². The first-order valence-corrected chi connectivity index (χ1v) is 6.70. The molecule has 0 spiro atoms. The lowest BCUT2D eigenvalue weighted by Gasteiger charge is -2.19. The van der Waals surface area contributed by atoms with E-state index in [1.807, 2.05) is 31.2 Å². The minimum Gasteiger partial charge on any atom is -0.497 e. The molecular weight excluding hydrogens is 254 g/mol. The van der Waals surface area contributed by atoms with Crippen LogP contribution in [-0.4, -0.2) is 20.8 Å². The molecule has 1 heterocycles. The number of furan rings is 1. The molecule has 1 aromatic heterocycles. The van der Waals surface area contributed by atoms with Crippen molar-refractivity contribution < 1.29 is 13.9 Å². The SMILES string of the molecule is CCNC(c1cc(OC)cc(OC)c1)c1ccoc1C. The quantitative estimate of drug-likeness (QED) is 0.878. The fourth-order valence-electron chi connectivity index (χ4n) is 2.30. The normalized spacial score (nSPS) is 12.2. The predicted molar refractivity (Wildman–Crippen MR) is 78.5 cm³/mol. The Morgan fingerprint density at radius 2 is 1.80 bits per heavy atom. The van der Waals surface area contributed by atoms with Gasteiger partial charge in [0.2, 0.25) is 0 Å². The number of nitrogens with one attached hydrogen (secondary N) is 1. The summed E-state index contributed by atoms with van der Waals surface area (Å²) in [6.07, 6.45) is 1.71. The standard InChI is InChI=1S/C16H21NO3/c1-5-17-16(15-6-7-20-11(15)2)12-8-13(18-3)10-14(9-12)19-4/h6-10,16-17H,5H2,1-4H3. The van der Waals surface area contributed by atoms with Gasteiger partial charge in [-0.1, -0.05) is 6.92 Å². The molecule has 0 saturated carbocycles. The molecule has 0 aliphatic carbocycles. The maximum Gasteiger partial charge on any atom is 0.122 e. The summed E-state index contributed by atoms with van der Waals surface area (Å²) >= 11 is 0. The molecule has 0 saturated heterocycles. The molecule has 4 heteroatoms. The van der Waals surface area contributed by atoms with Gasteiger partial charge in [-0.2, -0.15) is 0 Å². The molecule has 108 valence electrons. The zero-order valence-corrected chi connectivity index (χ0v) is 12.4. The Hall–Kier alpha value is -1.94. The van der Waals surface area contributed by atoms with Gasteiger partial charge < -0.3 is 19.2 Å². The van der Waals surface area contributed by atoms with Crippen molar-refractivity contribution in [2.45, 2.75) is 19.9 Å². The average molecular weight is 275 g/mol. The zero-order chi connectivity index (χ0) is 14.5. The summed E-state index contributed by atoms with van der Waals surface area (Å²) in [5, 5.41) is 3.47. The third-order valence-electron chi connectivity index (χ3n) is 3.33. The van der Waals surface area contributed by atoms with Crippen LogP contribution in [-0.2, 0) is 0 Å². The summed E-state index contributed by atoms with van der Waals surface area (Å²) in [5.41, 5.74) is 2.22. The molecule has 0 bridgehead atoms. The van der Waals surface area contributed by atoms with Gasteiger partial charge >= 0.3 is 0 Å². The van der Waals surface area contributed by atoms with E-state index in [0.717, 1.165) is 34.9 Å². The molecule has 1 N–H and O–H groups in total. The second-order valence-electron chi connectivity index (χ2n) is 4.57. The third kappa shape index (κ3) is 2.96. The first-order valence-electron chi connectivity index (χ1n) is 6.70. The monoisotopic (exact) mass is 275 g/mol. The van der Waals surface area contributed by atoms with E-state index in [0.29, 0.717) is 0 Å². The van der Waals surface area contributed by atoms with Crippen molar-refractivity contribution >= 4 is 0 Å². The summed E-state index contributed by atoms with van der Waals surface area (Å²) in [6, 6.07) is 7.95. The maximum atomic E-state index is 5.42. The second kappa shape index (κ2) is 6.48. The van der Waals surface area contributed by atoms with Crippen LogP contribution in [0.15, 0.2) is 34.9 Å². The van der Waals surface area contributed by atoms with Crippen LogP contribution < -0.4 is 14.8 Å². The summed E-state index contributed by atoms with van der Waals surface area (Å²) in [4.78, 5) is 0. The Kier molecular flexibility index (Phi) is 4.69. The van der Waals surface area contributed by atoms with Gasteiger partial charge in [0, 0.05) is 11.6 Å².